The Balaban J connectivity index is 0.940. The quantitative estimate of drug-likeness (QED) is 0.176. The van der Waals surface area contributed by atoms with Crippen LogP contribution >= 0.6 is 0 Å². The number of hydrogen-bond donors (Lipinski definition) is 0. The minimum atomic E-state index is -0.189. The molecule has 0 saturated carbocycles. The van der Waals surface area contributed by atoms with Crippen LogP contribution in [0.5, 0.6) is 0 Å². The summed E-state index contributed by atoms with van der Waals surface area (Å²) in [6.45, 7) is 2.33. The molecule has 1 aliphatic carbocycles. The highest BCUT2D eigenvalue weighted by molar-refractivity contribution is 6.11. The van der Waals surface area contributed by atoms with Crippen LogP contribution in [0.15, 0.2) is 197 Å². The van der Waals surface area contributed by atoms with Crippen molar-refractivity contribution in [3.63, 3.8) is 0 Å². The average molecular weight is 744 g/mol. The van der Waals surface area contributed by atoms with E-state index in [0.717, 1.165) is 45.4 Å². The topological polar surface area (TPSA) is 31.2 Å². The second-order valence-electron chi connectivity index (χ2n) is 16.0. The lowest BCUT2D eigenvalue weighted by Gasteiger charge is -2.29. The lowest BCUT2D eigenvalue weighted by molar-refractivity contribution is 0.550. The fourth-order valence-corrected chi connectivity index (χ4v) is 9.40. The van der Waals surface area contributed by atoms with Crippen LogP contribution < -0.4 is 0 Å². The molecule has 3 aromatic heterocycles. The van der Waals surface area contributed by atoms with Crippen LogP contribution in [-0.2, 0) is 11.8 Å². The third-order valence-corrected chi connectivity index (χ3v) is 12.4. The van der Waals surface area contributed by atoms with Crippen molar-refractivity contribution in [3.05, 3.63) is 205 Å². The molecule has 1 aliphatic rings. The molecular formula is C55H37NO2. The van der Waals surface area contributed by atoms with Gasteiger partial charge in [-0.1, -0.05) is 128 Å². The largest absolute Gasteiger partial charge is 0.456 e. The molecule has 11 aromatic rings. The summed E-state index contributed by atoms with van der Waals surface area (Å²) in [5, 5.41) is 5.90. The number of benzene rings is 8. The van der Waals surface area contributed by atoms with E-state index in [1.807, 2.05) is 6.07 Å². The molecule has 0 amide bonds. The Bertz CT molecular complexity index is 3450. The summed E-state index contributed by atoms with van der Waals surface area (Å²) in [5.41, 5.74) is 15.8. The Morgan fingerprint density at radius 1 is 0.431 bits per heavy atom. The van der Waals surface area contributed by atoms with Crippen LogP contribution in [0, 0.1) is 0 Å². The molecule has 274 valence electrons. The summed E-state index contributed by atoms with van der Waals surface area (Å²) < 4.78 is 15.1. The third kappa shape index (κ3) is 5.13. The number of fused-ring (bicyclic) bond motifs is 9. The Hall–Kier alpha value is -7.36. The van der Waals surface area contributed by atoms with Crippen LogP contribution in [0.3, 0.4) is 0 Å². The molecule has 0 aliphatic heterocycles. The molecule has 3 heterocycles. The van der Waals surface area contributed by atoms with Crippen molar-refractivity contribution in [1.82, 2.24) is 4.57 Å². The summed E-state index contributed by atoms with van der Waals surface area (Å²) in [7, 11) is 0. The van der Waals surface area contributed by atoms with Crippen LogP contribution in [-0.4, -0.2) is 4.57 Å². The summed E-state index contributed by atoms with van der Waals surface area (Å²) in [6.07, 6.45) is 5.33. The zero-order valence-electron chi connectivity index (χ0n) is 31.9. The van der Waals surface area contributed by atoms with Crippen LogP contribution in [0.1, 0.15) is 23.8 Å². The Kier molecular flexibility index (Phi) is 7.12. The number of allylic oxidation sites excluding steroid dienone is 1. The van der Waals surface area contributed by atoms with Gasteiger partial charge in [0.25, 0.3) is 0 Å². The van der Waals surface area contributed by atoms with Gasteiger partial charge in [-0.25, -0.2) is 0 Å². The van der Waals surface area contributed by atoms with E-state index in [1.165, 1.54) is 71.7 Å². The van der Waals surface area contributed by atoms with Gasteiger partial charge in [-0.05, 0) is 118 Å². The molecule has 58 heavy (non-hydrogen) atoms. The molecule has 0 bridgehead atoms. The number of furan rings is 2. The maximum absolute atomic E-state index is 6.47. The molecule has 0 spiro atoms. The van der Waals surface area contributed by atoms with E-state index in [9.17, 15) is 0 Å². The summed E-state index contributed by atoms with van der Waals surface area (Å²) in [5.74, 6) is 0.967. The monoisotopic (exact) mass is 743 g/mol. The zero-order chi connectivity index (χ0) is 38.4. The number of aromatic nitrogens is 1. The molecule has 8 aromatic carbocycles. The number of para-hydroxylation sites is 2. The summed E-state index contributed by atoms with van der Waals surface area (Å²) >= 11 is 0. The minimum absolute atomic E-state index is 0.189. The molecule has 0 radical (unpaired) electrons. The van der Waals surface area contributed by atoms with Crippen LogP contribution in [0.2, 0.25) is 0 Å². The predicted octanol–water partition coefficient (Wildman–Crippen LogP) is 15.0. The molecule has 12 rings (SSSR count). The van der Waals surface area contributed by atoms with Gasteiger partial charge in [0.05, 0.1) is 11.0 Å². The first-order chi connectivity index (χ1) is 28.6. The van der Waals surface area contributed by atoms with Crippen molar-refractivity contribution in [1.29, 1.82) is 0 Å². The fourth-order valence-electron chi connectivity index (χ4n) is 9.40. The first-order valence-electron chi connectivity index (χ1n) is 20.0. The van der Waals surface area contributed by atoms with Gasteiger partial charge in [-0.15, -0.1) is 0 Å². The van der Waals surface area contributed by atoms with E-state index in [-0.39, 0.29) is 5.41 Å². The van der Waals surface area contributed by atoms with Crippen molar-refractivity contribution >= 4 is 60.8 Å². The highest BCUT2D eigenvalue weighted by atomic mass is 16.3. The number of nitrogens with zero attached hydrogens (tertiary/aromatic N) is 1. The molecule has 3 heteroatoms. The van der Waals surface area contributed by atoms with Crippen LogP contribution in [0.4, 0.5) is 0 Å². The van der Waals surface area contributed by atoms with Crippen LogP contribution in [0.25, 0.3) is 99.9 Å². The van der Waals surface area contributed by atoms with Gasteiger partial charge >= 0.3 is 0 Å². The predicted molar refractivity (Wildman–Crippen MR) is 241 cm³/mol. The van der Waals surface area contributed by atoms with E-state index in [2.05, 4.69) is 200 Å². The van der Waals surface area contributed by atoms with Gasteiger partial charge in [-0.3, -0.25) is 0 Å². The molecular weight excluding hydrogens is 707 g/mol. The van der Waals surface area contributed by atoms with Gasteiger partial charge < -0.3 is 13.4 Å². The van der Waals surface area contributed by atoms with Crippen molar-refractivity contribution in [3.8, 4) is 39.1 Å². The second-order valence-corrected chi connectivity index (χ2v) is 16.0. The maximum Gasteiger partial charge on any atom is 0.135 e. The van der Waals surface area contributed by atoms with Gasteiger partial charge in [0, 0.05) is 43.6 Å². The van der Waals surface area contributed by atoms with Crippen molar-refractivity contribution in [2.45, 2.75) is 18.8 Å². The Morgan fingerprint density at radius 2 is 1.03 bits per heavy atom. The first kappa shape index (κ1) is 32.8. The fraction of sp³-hybridized carbons (Fsp3) is 0.0545. The molecule has 0 N–H and O–H groups in total. The van der Waals surface area contributed by atoms with E-state index >= 15 is 0 Å². The number of hydrogen-bond acceptors (Lipinski definition) is 2. The van der Waals surface area contributed by atoms with Crippen molar-refractivity contribution in [2.24, 2.45) is 0 Å². The standard InChI is InChI=1S/C55H37NO2/c1-55(28-27-54-48(34-55)44-18-6-8-20-51(44)57-54)41-22-25-52-46(32-41)47-33-42(23-26-53(47)58-52)56-49-19-7-5-17-43(49)45-31-40(21-24-50(45)56)39-16-10-15-38(30-39)37-14-9-13-36(29-37)35-11-3-2-4-12-35/h2-33H,34H2,1H3. The van der Waals surface area contributed by atoms with E-state index in [4.69, 9.17) is 8.83 Å². The SMILES string of the molecule is CC1(c2ccc3oc4ccc(-n5c6ccccc6c6cc(-c7cccc(-c8cccc(-c9ccccc9)c8)c7)ccc65)cc4c3c2)C=Cc2oc3ccccc3c2C1. The lowest BCUT2D eigenvalue weighted by atomic mass is 9.74. The second kappa shape index (κ2) is 12.6. The highest BCUT2D eigenvalue weighted by Crippen LogP contribution is 2.43. The maximum atomic E-state index is 6.47. The molecule has 0 fully saturated rings. The molecule has 0 saturated heterocycles. The summed E-state index contributed by atoms with van der Waals surface area (Å²) in [4.78, 5) is 0. The Labute approximate surface area is 335 Å². The average Bonchev–Trinajstić information content (AvgIpc) is 3.95. The minimum Gasteiger partial charge on any atom is -0.456 e. The Morgan fingerprint density at radius 3 is 1.83 bits per heavy atom. The van der Waals surface area contributed by atoms with Crippen molar-refractivity contribution in [2.75, 3.05) is 0 Å². The zero-order valence-corrected chi connectivity index (χ0v) is 31.9. The number of rotatable bonds is 5. The molecule has 1 atom stereocenters. The van der Waals surface area contributed by atoms with E-state index < -0.39 is 0 Å². The van der Waals surface area contributed by atoms with Crippen molar-refractivity contribution < 1.29 is 8.83 Å². The third-order valence-electron chi connectivity index (χ3n) is 12.4. The smallest absolute Gasteiger partial charge is 0.135 e. The summed E-state index contributed by atoms with van der Waals surface area (Å²) in [6, 6.07) is 65.7. The van der Waals surface area contributed by atoms with Gasteiger partial charge in [0.1, 0.15) is 22.5 Å². The van der Waals surface area contributed by atoms with Gasteiger partial charge in [-0.2, -0.15) is 0 Å². The van der Waals surface area contributed by atoms with Gasteiger partial charge in [0.2, 0.25) is 0 Å². The van der Waals surface area contributed by atoms with Gasteiger partial charge in [0.15, 0.2) is 0 Å². The first-order valence-corrected chi connectivity index (χ1v) is 20.0. The van der Waals surface area contributed by atoms with E-state index in [0.29, 0.717) is 0 Å². The van der Waals surface area contributed by atoms with E-state index in [1.54, 1.807) is 0 Å². The highest BCUT2D eigenvalue weighted by Gasteiger charge is 2.31. The molecule has 3 nitrogen and oxygen atoms in total. The normalized spacial score (nSPS) is 15.3. The molecule has 1 unspecified atom stereocenters. The lowest BCUT2D eigenvalue weighted by Crippen LogP contribution is -2.24.